The number of hydrogen-bond acceptors (Lipinski definition) is 4. The minimum atomic E-state index is 0.214. The molecule has 0 saturated carbocycles. The van der Waals surface area contributed by atoms with Gasteiger partial charge in [0.15, 0.2) is 0 Å². The monoisotopic (exact) mass is 345 g/mol. The number of carbonyl (C=O) groups excluding carboxylic acids is 1. The van der Waals surface area contributed by atoms with Crippen LogP contribution >= 0.6 is 11.8 Å². The summed E-state index contributed by atoms with van der Waals surface area (Å²) in [5.74, 6) is 2.61. The number of nitrogens with one attached hydrogen (secondary N) is 1. The van der Waals surface area contributed by atoms with Crippen LogP contribution in [0.1, 0.15) is 24.6 Å². The van der Waals surface area contributed by atoms with E-state index in [1.54, 1.807) is 18.9 Å². The quantitative estimate of drug-likeness (QED) is 0.817. The Bertz CT molecular complexity index is 714. The summed E-state index contributed by atoms with van der Waals surface area (Å²) in [6, 6.07) is 7.87. The molecule has 1 aliphatic rings. The van der Waals surface area contributed by atoms with Crippen LogP contribution in [0.5, 0.6) is 5.75 Å². The van der Waals surface area contributed by atoms with Crippen molar-refractivity contribution in [2.24, 2.45) is 0 Å². The number of para-hydroxylation sites is 1. The van der Waals surface area contributed by atoms with Crippen LogP contribution in [0.25, 0.3) is 11.3 Å². The van der Waals surface area contributed by atoms with Gasteiger partial charge in [-0.2, -0.15) is 16.9 Å². The Hall–Kier alpha value is -1.95. The Balaban J connectivity index is 1.81. The molecule has 0 bridgehead atoms. The van der Waals surface area contributed by atoms with E-state index in [2.05, 4.69) is 17.1 Å². The lowest BCUT2D eigenvalue weighted by Gasteiger charge is -2.27. The van der Waals surface area contributed by atoms with Crippen molar-refractivity contribution in [1.29, 1.82) is 0 Å². The van der Waals surface area contributed by atoms with Crippen LogP contribution in [0.15, 0.2) is 24.3 Å². The number of hydrogen-bond donors (Lipinski definition) is 1. The van der Waals surface area contributed by atoms with Gasteiger partial charge in [-0.1, -0.05) is 19.1 Å². The Kier molecular flexibility index (Phi) is 5.45. The van der Waals surface area contributed by atoms with Crippen LogP contribution in [-0.4, -0.2) is 46.2 Å². The number of amides is 1. The number of fused-ring (bicyclic) bond motifs is 1. The molecule has 6 heteroatoms. The summed E-state index contributed by atoms with van der Waals surface area (Å²) in [5.41, 5.74) is 4.09. The van der Waals surface area contributed by atoms with Gasteiger partial charge in [-0.05, 0) is 24.3 Å². The molecule has 0 atom stereocenters. The first kappa shape index (κ1) is 16.9. The first-order valence-corrected chi connectivity index (χ1v) is 9.45. The molecule has 128 valence electrons. The fraction of sp³-hybridized carbons (Fsp3) is 0.444. The van der Waals surface area contributed by atoms with Crippen LogP contribution in [0.2, 0.25) is 0 Å². The summed E-state index contributed by atoms with van der Waals surface area (Å²) in [4.78, 5) is 14.4. The van der Waals surface area contributed by atoms with E-state index in [0.29, 0.717) is 12.3 Å². The van der Waals surface area contributed by atoms with Gasteiger partial charge >= 0.3 is 0 Å². The molecule has 1 amide bonds. The summed E-state index contributed by atoms with van der Waals surface area (Å²) in [7, 11) is 1.67. The Morgan fingerprint density at radius 2 is 2.25 bits per heavy atom. The molecular formula is C18H23N3O2S. The molecule has 0 aliphatic carbocycles. The minimum absolute atomic E-state index is 0.214. The number of aromatic amines is 1. The Morgan fingerprint density at radius 3 is 3.04 bits per heavy atom. The fourth-order valence-electron chi connectivity index (χ4n) is 2.97. The van der Waals surface area contributed by atoms with E-state index in [-0.39, 0.29) is 5.91 Å². The highest BCUT2D eigenvalue weighted by atomic mass is 32.2. The topological polar surface area (TPSA) is 58.2 Å². The molecule has 2 heterocycles. The summed E-state index contributed by atoms with van der Waals surface area (Å²) < 4.78 is 5.46. The van der Waals surface area contributed by atoms with E-state index in [4.69, 9.17) is 4.74 Å². The standard InChI is InChI=1S/C18H23N3O2S/c1-3-10-24-12-17(22)21-9-8-15-14(11-21)18(20-19-15)13-6-4-5-7-16(13)23-2/h4-7H,3,8-12H2,1-2H3,(H,19,20). The molecule has 2 aromatic rings. The average molecular weight is 345 g/mol. The fourth-order valence-corrected chi connectivity index (χ4v) is 3.76. The van der Waals surface area contributed by atoms with Crippen LogP contribution in [-0.2, 0) is 17.8 Å². The maximum atomic E-state index is 12.4. The zero-order valence-corrected chi connectivity index (χ0v) is 15.0. The van der Waals surface area contributed by atoms with Gasteiger partial charge in [-0.25, -0.2) is 0 Å². The molecule has 0 radical (unpaired) electrons. The van der Waals surface area contributed by atoms with E-state index in [9.17, 15) is 4.79 Å². The molecule has 24 heavy (non-hydrogen) atoms. The smallest absolute Gasteiger partial charge is 0.232 e. The number of methoxy groups -OCH3 is 1. The predicted octanol–water partition coefficient (Wildman–Crippen LogP) is 3.11. The van der Waals surface area contributed by atoms with Crippen molar-refractivity contribution in [2.45, 2.75) is 26.3 Å². The van der Waals surface area contributed by atoms with Gasteiger partial charge in [0, 0.05) is 36.3 Å². The number of benzene rings is 1. The van der Waals surface area contributed by atoms with Gasteiger partial charge in [-0.3, -0.25) is 9.89 Å². The zero-order chi connectivity index (χ0) is 16.9. The van der Waals surface area contributed by atoms with Crippen molar-refractivity contribution < 1.29 is 9.53 Å². The van der Waals surface area contributed by atoms with E-state index in [0.717, 1.165) is 53.4 Å². The minimum Gasteiger partial charge on any atom is -0.496 e. The van der Waals surface area contributed by atoms with Gasteiger partial charge < -0.3 is 9.64 Å². The molecule has 1 N–H and O–H groups in total. The van der Waals surface area contributed by atoms with Gasteiger partial charge in [0.05, 0.1) is 12.9 Å². The Morgan fingerprint density at radius 1 is 1.42 bits per heavy atom. The lowest BCUT2D eigenvalue weighted by atomic mass is 10.0. The van der Waals surface area contributed by atoms with E-state index in [1.807, 2.05) is 29.2 Å². The first-order valence-electron chi connectivity index (χ1n) is 8.29. The van der Waals surface area contributed by atoms with Gasteiger partial charge in [0.25, 0.3) is 0 Å². The normalized spacial score (nSPS) is 13.7. The lowest BCUT2D eigenvalue weighted by molar-refractivity contribution is -0.129. The molecule has 0 unspecified atom stereocenters. The molecule has 1 aromatic heterocycles. The molecular weight excluding hydrogens is 322 g/mol. The van der Waals surface area contributed by atoms with Crippen LogP contribution in [0.3, 0.4) is 0 Å². The van der Waals surface area contributed by atoms with Gasteiger partial charge in [-0.15, -0.1) is 0 Å². The maximum Gasteiger partial charge on any atom is 0.232 e. The molecule has 0 spiro atoms. The third kappa shape index (κ3) is 3.43. The maximum absolute atomic E-state index is 12.4. The Labute approximate surface area is 146 Å². The first-order chi connectivity index (χ1) is 11.7. The van der Waals surface area contributed by atoms with Crippen LogP contribution < -0.4 is 4.74 Å². The van der Waals surface area contributed by atoms with Crippen molar-refractivity contribution >= 4 is 17.7 Å². The van der Waals surface area contributed by atoms with Crippen molar-refractivity contribution in [3.8, 4) is 17.0 Å². The van der Waals surface area contributed by atoms with Crippen molar-refractivity contribution in [3.63, 3.8) is 0 Å². The second-order valence-electron chi connectivity index (χ2n) is 5.85. The number of ether oxygens (including phenoxy) is 1. The number of thioether (sulfide) groups is 1. The van der Waals surface area contributed by atoms with Crippen LogP contribution in [0.4, 0.5) is 0 Å². The molecule has 0 saturated heterocycles. The third-order valence-corrected chi connectivity index (χ3v) is 5.37. The number of rotatable bonds is 6. The number of carbonyl (C=O) groups is 1. The molecule has 0 fully saturated rings. The van der Waals surface area contributed by atoms with E-state index < -0.39 is 0 Å². The summed E-state index contributed by atoms with van der Waals surface area (Å²) in [5, 5.41) is 7.64. The number of nitrogens with zero attached hydrogens (tertiary/aromatic N) is 2. The summed E-state index contributed by atoms with van der Waals surface area (Å²) in [6.45, 7) is 3.51. The van der Waals surface area contributed by atoms with Crippen molar-refractivity contribution in [1.82, 2.24) is 15.1 Å². The van der Waals surface area contributed by atoms with Gasteiger partial charge in [0.2, 0.25) is 5.91 Å². The van der Waals surface area contributed by atoms with Gasteiger partial charge in [0.1, 0.15) is 11.4 Å². The second kappa shape index (κ2) is 7.75. The highest BCUT2D eigenvalue weighted by molar-refractivity contribution is 7.99. The van der Waals surface area contributed by atoms with Crippen molar-refractivity contribution in [3.05, 3.63) is 35.5 Å². The third-order valence-electron chi connectivity index (χ3n) is 4.22. The van der Waals surface area contributed by atoms with E-state index >= 15 is 0 Å². The molecule has 3 rings (SSSR count). The van der Waals surface area contributed by atoms with Crippen molar-refractivity contribution in [2.75, 3.05) is 25.2 Å². The molecule has 1 aliphatic heterocycles. The zero-order valence-electron chi connectivity index (χ0n) is 14.2. The number of H-pyrrole nitrogens is 1. The van der Waals surface area contributed by atoms with Crippen LogP contribution in [0, 0.1) is 0 Å². The summed E-state index contributed by atoms with van der Waals surface area (Å²) >= 11 is 1.71. The largest absolute Gasteiger partial charge is 0.496 e. The molecule has 1 aromatic carbocycles. The SMILES string of the molecule is CCCSCC(=O)N1CCc2[nH]nc(-c3ccccc3OC)c2C1. The number of aromatic nitrogens is 2. The molecule has 5 nitrogen and oxygen atoms in total. The summed E-state index contributed by atoms with van der Waals surface area (Å²) in [6.07, 6.45) is 1.92. The van der Waals surface area contributed by atoms with E-state index in [1.165, 1.54) is 0 Å². The highest BCUT2D eigenvalue weighted by Crippen LogP contribution is 2.34. The second-order valence-corrected chi connectivity index (χ2v) is 6.95. The highest BCUT2D eigenvalue weighted by Gasteiger charge is 2.26. The lowest BCUT2D eigenvalue weighted by Crippen LogP contribution is -2.37. The predicted molar refractivity (Wildman–Crippen MR) is 97.3 cm³/mol. The average Bonchev–Trinajstić information content (AvgIpc) is 3.04.